The van der Waals surface area contributed by atoms with Crippen molar-refractivity contribution in [3.63, 3.8) is 0 Å². The molecule has 0 bridgehead atoms. The average Bonchev–Trinajstić information content (AvgIpc) is 3.85. The molecule has 276 valence electrons. The van der Waals surface area contributed by atoms with Gasteiger partial charge in [-0.2, -0.15) is 0 Å². The van der Waals surface area contributed by atoms with Gasteiger partial charge in [-0.05, 0) is 105 Å². The maximum absolute atomic E-state index is 6.43. The number of hydrogen-bond acceptors (Lipinski definition) is 2. The lowest BCUT2D eigenvalue weighted by molar-refractivity contribution is 0.669. The zero-order chi connectivity index (χ0) is 38.9. The van der Waals surface area contributed by atoms with E-state index in [0.29, 0.717) is 0 Å². The molecule has 0 radical (unpaired) electrons. The van der Waals surface area contributed by atoms with Gasteiger partial charge in [0.25, 0.3) is 0 Å². The molecule has 0 amide bonds. The quantitative estimate of drug-likeness (QED) is 0.158. The van der Waals surface area contributed by atoms with Gasteiger partial charge in [-0.15, -0.1) is 0 Å². The Kier molecular flexibility index (Phi) is 7.54. The first-order chi connectivity index (χ1) is 29.3. The summed E-state index contributed by atoms with van der Waals surface area (Å²) in [5.74, 6) is 0. The van der Waals surface area contributed by atoms with E-state index in [1.165, 1.54) is 60.0 Å². The molecule has 0 atom stereocenters. The fourth-order valence-electron chi connectivity index (χ4n) is 9.27. The number of nitrogens with zero attached hydrogens (tertiary/aromatic N) is 2. The minimum absolute atomic E-state index is 0.866. The second-order valence-corrected chi connectivity index (χ2v) is 15.3. The van der Waals surface area contributed by atoms with E-state index in [2.05, 4.69) is 216 Å². The highest BCUT2D eigenvalue weighted by molar-refractivity contribution is 6.15. The lowest BCUT2D eigenvalue weighted by Crippen LogP contribution is -2.09. The second kappa shape index (κ2) is 13.4. The minimum Gasteiger partial charge on any atom is -0.456 e. The molecular weight excluding hydrogens is 717 g/mol. The van der Waals surface area contributed by atoms with Gasteiger partial charge in [-0.3, -0.25) is 0 Å². The fraction of sp³-hybridized carbons (Fsp3) is 0. The van der Waals surface area contributed by atoms with Crippen LogP contribution in [0.15, 0.2) is 223 Å². The largest absolute Gasteiger partial charge is 0.456 e. The van der Waals surface area contributed by atoms with Crippen molar-refractivity contribution in [2.75, 3.05) is 4.90 Å². The third-order valence-electron chi connectivity index (χ3n) is 12.0. The summed E-state index contributed by atoms with van der Waals surface area (Å²) >= 11 is 0. The van der Waals surface area contributed by atoms with Crippen LogP contribution in [0, 0.1) is 0 Å². The summed E-state index contributed by atoms with van der Waals surface area (Å²) < 4.78 is 8.84. The molecule has 0 N–H and O–H groups in total. The van der Waals surface area contributed by atoms with Crippen molar-refractivity contribution >= 4 is 82.4 Å². The van der Waals surface area contributed by atoms with Crippen LogP contribution in [0.3, 0.4) is 0 Å². The van der Waals surface area contributed by atoms with Gasteiger partial charge in [-0.25, -0.2) is 0 Å². The number of para-hydroxylation sites is 4. The maximum Gasteiger partial charge on any atom is 0.137 e. The number of anilines is 3. The van der Waals surface area contributed by atoms with Crippen molar-refractivity contribution in [3.05, 3.63) is 218 Å². The molecule has 0 fully saturated rings. The van der Waals surface area contributed by atoms with E-state index in [1.54, 1.807) is 0 Å². The monoisotopic (exact) mass is 752 g/mol. The third-order valence-corrected chi connectivity index (χ3v) is 12.0. The summed E-state index contributed by atoms with van der Waals surface area (Å²) in [6.07, 6.45) is 0. The number of fused-ring (bicyclic) bond motifs is 9. The molecule has 59 heavy (non-hydrogen) atoms. The zero-order valence-corrected chi connectivity index (χ0v) is 32.1. The highest BCUT2D eigenvalue weighted by Gasteiger charge is 2.19. The normalized spacial score (nSPS) is 11.7. The molecule has 2 aromatic heterocycles. The smallest absolute Gasteiger partial charge is 0.137 e. The van der Waals surface area contributed by atoms with Gasteiger partial charge in [0, 0.05) is 55.9 Å². The van der Waals surface area contributed by atoms with Gasteiger partial charge in [0.2, 0.25) is 0 Å². The summed E-state index contributed by atoms with van der Waals surface area (Å²) in [5, 5.41) is 9.76. The average molecular weight is 753 g/mol. The Morgan fingerprint density at radius 3 is 1.69 bits per heavy atom. The van der Waals surface area contributed by atoms with Gasteiger partial charge in [0.1, 0.15) is 11.2 Å². The van der Waals surface area contributed by atoms with Crippen molar-refractivity contribution in [1.82, 2.24) is 4.57 Å². The summed E-state index contributed by atoms with van der Waals surface area (Å²) in [5.41, 5.74) is 13.2. The Balaban J connectivity index is 1.01. The van der Waals surface area contributed by atoms with E-state index in [0.717, 1.165) is 50.3 Å². The topological polar surface area (TPSA) is 21.3 Å². The molecular formula is C56H36N2O. The van der Waals surface area contributed by atoms with E-state index >= 15 is 0 Å². The van der Waals surface area contributed by atoms with Gasteiger partial charge in [-0.1, -0.05) is 146 Å². The Morgan fingerprint density at radius 1 is 0.339 bits per heavy atom. The number of rotatable bonds is 6. The molecule has 0 aliphatic heterocycles. The zero-order valence-electron chi connectivity index (χ0n) is 32.1. The summed E-state index contributed by atoms with van der Waals surface area (Å²) in [6.45, 7) is 0. The van der Waals surface area contributed by atoms with Crippen LogP contribution in [0.4, 0.5) is 17.1 Å². The molecule has 3 heteroatoms. The van der Waals surface area contributed by atoms with E-state index < -0.39 is 0 Å². The van der Waals surface area contributed by atoms with E-state index in [-0.39, 0.29) is 0 Å². The SMILES string of the molecule is c1ccc(-n2c3ccccc3c3cccc(-c4ccc(N(c5ccc(-c6cc7ccccc7c7ccccc67)cc5)c5ccc6c(c5)oc5ccccc56)cc4)c32)cc1. The van der Waals surface area contributed by atoms with Crippen LogP contribution in [-0.2, 0) is 0 Å². The van der Waals surface area contributed by atoms with Crippen LogP contribution in [-0.4, -0.2) is 4.57 Å². The molecule has 0 spiro atoms. The van der Waals surface area contributed by atoms with Crippen molar-refractivity contribution in [1.29, 1.82) is 0 Å². The number of hydrogen-bond donors (Lipinski definition) is 0. The predicted molar refractivity (Wildman–Crippen MR) is 249 cm³/mol. The van der Waals surface area contributed by atoms with Crippen molar-refractivity contribution in [2.45, 2.75) is 0 Å². The van der Waals surface area contributed by atoms with Gasteiger partial charge in [0.15, 0.2) is 0 Å². The van der Waals surface area contributed by atoms with Crippen molar-refractivity contribution < 1.29 is 4.42 Å². The Bertz CT molecular complexity index is 3540. The first-order valence-corrected chi connectivity index (χ1v) is 20.2. The van der Waals surface area contributed by atoms with Gasteiger partial charge >= 0.3 is 0 Å². The maximum atomic E-state index is 6.43. The van der Waals surface area contributed by atoms with Crippen LogP contribution in [0.1, 0.15) is 0 Å². The predicted octanol–water partition coefficient (Wildman–Crippen LogP) is 15.8. The molecule has 0 unspecified atom stereocenters. The standard InChI is InChI=1S/C56H36N2O/c1-2-14-40(15-3-1)58-53-23-10-8-19-48(53)51-22-12-21-45(56(51)58)37-25-29-41(30-26-37)57(43-33-34-50-49-20-9-11-24-54(49)59-55(50)36-43)42-31-27-38(28-32-42)52-35-39-13-4-5-16-44(39)46-17-6-7-18-47(46)52/h1-36H. The second-order valence-electron chi connectivity index (χ2n) is 15.3. The van der Waals surface area contributed by atoms with E-state index in [4.69, 9.17) is 4.42 Å². The van der Waals surface area contributed by atoms with Crippen LogP contribution in [0.5, 0.6) is 0 Å². The lowest BCUT2D eigenvalue weighted by atomic mass is 9.93. The summed E-state index contributed by atoms with van der Waals surface area (Å²) in [4.78, 5) is 2.33. The van der Waals surface area contributed by atoms with E-state index in [9.17, 15) is 0 Å². The molecule has 0 saturated carbocycles. The number of furan rings is 1. The molecule has 0 aliphatic carbocycles. The van der Waals surface area contributed by atoms with Crippen LogP contribution in [0.2, 0.25) is 0 Å². The third kappa shape index (κ3) is 5.36. The molecule has 12 rings (SSSR count). The highest BCUT2D eigenvalue weighted by atomic mass is 16.3. The Labute approximate surface area is 341 Å². The lowest BCUT2D eigenvalue weighted by Gasteiger charge is -2.26. The minimum atomic E-state index is 0.866. The number of aromatic nitrogens is 1. The first kappa shape index (κ1) is 33.3. The molecule has 0 saturated heterocycles. The molecule has 0 aliphatic rings. The van der Waals surface area contributed by atoms with Crippen molar-refractivity contribution in [2.24, 2.45) is 0 Å². The summed E-state index contributed by atoms with van der Waals surface area (Å²) in [7, 11) is 0. The first-order valence-electron chi connectivity index (χ1n) is 20.2. The van der Waals surface area contributed by atoms with Gasteiger partial charge < -0.3 is 13.9 Å². The van der Waals surface area contributed by atoms with Crippen LogP contribution in [0.25, 0.3) is 93.2 Å². The van der Waals surface area contributed by atoms with Crippen LogP contribution >= 0.6 is 0 Å². The molecule has 12 aromatic rings. The molecule has 3 nitrogen and oxygen atoms in total. The van der Waals surface area contributed by atoms with Crippen molar-refractivity contribution in [3.8, 4) is 27.9 Å². The fourth-order valence-corrected chi connectivity index (χ4v) is 9.27. The number of benzene rings is 10. The van der Waals surface area contributed by atoms with Crippen LogP contribution < -0.4 is 4.90 Å². The summed E-state index contributed by atoms with van der Waals surface area (Å²) in [6, 6.07) is 78.7. The Morgan fingerprint density at radius 2 is 0.915 bits per heavy atom. The molecule has 2 heterocycles. The Hall–Kier alpha value is -7.88. The van der Waals surface area contributed by atoms with E-state index in [1.807, 2.05) is 12.1 Å². The van der Waals surface area contributed by atoms with Gasteiger partial charge in [0.05, 0.1) is 11.0 Å². The molecule has 10 aromatic carbocycles. The highest BCUT2D eigenvalue weighted by Crippen LogP contribution is 2.43.